The van der Waals surface area contributed by atoms with Crippen molar-refractivity contribution in [2.45, 2.75) is 26.3 Å². The second-order valence-corrected chi connectivity index (χ2v) is 1.41. The van der Waals surface area contributed by atoms with Crippen LogP contribution in [-0.4, -0.2) is 22.7 Å². The molecule has 43 valence electrons. The molecule has 0 rings (SSSR count). The van der Waals surface area contributed by atoms with Gasteiger partial charge < -0.3 is 10.2 Å². The van der Waals surface area contributed by atoms with E-state index in [0.29, 0.717) is 0 Å². The molecule has 7 heavy (non-hydrogen) atoms. The van der Waals surface area contributed by atoms with Crippen molar-refractivity contribution in [3.8, 4) is 0 Å². The maximum absolute atomic E-state index is 8.40. The number of rotatable bonds is 2. The van der Waals surface area contributed by atoms with Crippen LogP contribution in [0.15, 0.2) is 0 Å². The van der Waals surface area contributed by atoms with E-state index in [1.54, 1.807) is 0 Å². The predicted molar refractivity (Wildman–Crippen MR) is 25.5 cm³/mol. The van der Waals surface area contributed by atoms with E-state index < -0.39 is 12.5 Å². The average molecular weight is 104 g/mol. The summed E-state index contributed by atoms with van der Waals surface area (Å²) < 4.78 is 0. The second-order valence-electron chi connectivity index (χ2n) is 1.41. The van der Waals surface area contributed by atoms with Crippen LogP contribution in [0.5, 0.6) is 0 Å². The molecule has 0 saturated carbocycles. The van der Waals surface area contributed by atoms with Crippen LogP contribution in [-0.2, 0) is 0 Å². The van der Waals surface area contributed by atoms with Crippen LogP contribution < -0.4 is 5.32 Å². The Morgan fingerprint density at radius 2 is 1.43 bits per heavy atom. The first kappa shape index (κ1) is 6.88. The fraction of sp³-hybridized carbons (Fsp3) is 1.00. The van der Waals surface area contributed by atoms with Gasteiger partial charge in [-0.3, -0.25) is 0 Å². The van der Waals surface area contributed by atoms with Crippen LogP contribution in [0.3, 0.4) is 0 Å². The fourth-order valence-electron chi connectivity index (χ4n) is 0.312. The summed E-state index contributed by atoms with van der Waals surface area (Å²) in [5.41, 5.74) is 0. The Morgan fingerprint density at radius 1 is 1.14 bits per heavy atom. The van der Waals surface area contributed by atoms with E-state index in [1.165, 1.54) is 13.8 Å². The van der Waals surface area contributed by atoms with Gasteiger partial charge in [-0.2, -0.15) is 5.32 Å². The molecule has 2 unspecified atom stereocenters. The van der Waals surface area contributed by atoms with Gasteiger partial charge in [0.15, 0.2) is 0 Å². The predicted octanol–water partition coefficient (Wildman–Crippen LogP) is -0.733. The molecule has 0 amide bonds. The topological polar surface area (TPSA) is 54.6 Å². The monoisotopic (exact) mass is 104 g/mol. The van der Waals surface area contributed by atoms with Crippen molar-refractivity contribution < 1.29 is 10.2 Å². The molecule has 1 radical (unpaired) electrons. The van der Waals surface area contributed by atoms with Gasteiger partial charge in [-0.05, 0) is 13.8 Å². The first-order chi connectivity index (χ1) is 3.13. The highest BCUT2D eigenvalue weighted by Crippen LogP contribution is 1.78. The number of aliphatic hydroxyl groups excluding tert-OH is 2. The van der Waals surface area contributed by atoms with Gasteiger partial charge in [0, 0.05) is 0 Å². The molecule has 0 aliphatic rings. The van der Waals surface area contributed by atoms with Crippen LogP contribution in [0.2, 0.25) is 0 Å². The first-order valence-electron chi connectivity index (χ1n) is 2.19. The van der Waals surface area contributed by atoms with Gasteiger partial charge >= 0.3 is 0 Å². The summed E-state index contributed by atoms with van der Waals surface area (Å²) in [5, 5.41) is 20.2. The van der Waals surface area contributed by atoms with E-state index in [1.807, 2.05) is 0 Å². The molecule has 0 saturated heterocycles. The molecule has 3 heteroatoms. The lowest BCUT2D eigenvalue weighted by Crippen LogP contribution is -2.26. The van der Waals surface area contributed by atoms with Crippen LogP contribution in [0.1, 0.15) is 13.8 Å². The zero-order valence-corrected chi connectivity index (χ0v) is 4.50. The van der Waals surface area contributed by atoms with Crippen molar-refractivity contribution in [3.63, 3.8) is 0 Å². The molecule has 0 aromatic rings. The molecular formula is C4H10NO2. The smallest absolute Gasteiger partial charge is 0.120 e. The van der Waals surface area contributed by atoms with E-state index in [0.717, 1.165) is 0 Å². The third-order valence-electron chi connectivity index (χ3n) is 0.431. The summed E-state index contributed by atoms with van der Waals surface area (Å²) in [5.74, 6) is 0. The lowest BCUT2D eigenvalue weighted by Gasteiger charge is -2.05. The molecule has 0 aromatic carbocycles. The molecule has 0 aliphatic heterocycles. The summed E-state index contributed by atoms with van der Waals surface area (Å²) in [6.07, 6.45) is -1.50. The lowest BCUT2D eigenvalue weighted by atomic mass is 10.6. The van der Waals surface area contributed by atoms with Gasteiger partial charge in [-0.15, -0.1) is 0 Å². The molecule has 0 aromatic heterocycles. The lowest BCUT2D eigenvalue weighted by molar-refractivity contribution is 0.0579. The molecule has 2 atom stereocenters. The number of nitrogens with zero attached hydrogens (tertiary/aromatic N) is 1. The largest absolute Gasteiger partial charge is 0.377 e. The summed E-state index contributed by atoms with van der Waals surface area (Å²) >= 11 is 0. The Hall–Kier alpha value is -0.120. The molecule has 0 fully saturated rings. The highest BCUT2D eigenvalue weighted by atomic mass is 16.3. The highest BCUT2D eigenvalue weighted by Gasteiger charge is 1.98. The Kier molecular flexibility index (Phi) is 2.91. The van der Waals surface area contributed by atoms with Crippen molar-refractivity contribution in [1.29, 1.82) is 0 Å². The Morgan fingerprint density at radius 3 is 1.43 bits per heavy atom. The maximum Gasteiger partial charge on any atom is 0.120 e. The van der Waals surface area contributed by atoms with Gasteiger partial charge in [0.2, 0.25) is 0 Å². The second kappa shape index (κ2) is 2.96. The number of aliphatic hydroxyl groups is 2. The molecule has 0 spiro atoms. The molecule has 0 bridgehead atoms. The first-order valence-corrected chi connectivity index (χ1v) is 2.19. The maximum atomic E-state index is 8.40. The zero-order valence-electron chi connectivity index (χ0n) is 4.50. The van der Waals surface area contributed by atoms with E-state index in [4.69, 9.17) is 10.2 Å². The van der Waals surface area contributed by atoms with Gasteiger partial charge in [-0.1, -0.05) is 0 Å². The Labute approximate surface area is 43.0 Å². The van der Waals surface area contributed by atoms with Gasteiger partial charge in [0.05, 0.1) is 0 Å². The van der Waals surface area contributed by atoms with Crippen molar-refractivity contribution in [2.75, 3.05) is 0 Å². The van der Waals surface area contributed by atoms with E-state index >= 15 is 0 Å². The molecular weight excluding hydrogens is 94.0 g/mol. The van der Waals surface area contributed by atoms with Crippen LogP contribution in [0, 0.1) is 0 Å². The quantitative estimate of drug-likeness (QED) is 0.485. The van der Waals surface area contributed by atoms with Crippen molar-refractivity contribution in [2.24, 2.45) is 0 Å². The zero-order chi connectivity index (χ0) is 5.86. The standard InChI is InChI=1S/C4H10NO2/c1-3(6)5-4(2)7/h3-4,6-7H,1-2H3. The minimum absolute atomic E-state index is 0.750. The van der Waals surface area contributed by atoms with Crippen LogP contribution in [0.4, 0.5) is 0 Å². The van der Waals surface area contributed by atoms with E-state index in [9.17, 15) is 0 Å². The minimum Gasteiger partial charge on any atom is -0.377 e. The van der Waals surface area contributed by atoms with Crippen molar-refractivity contribution in [3.05, 3.63) is 0 Å². The average Bonchev–Trinajstić information content (AvgIpc) is 1.27. The van der Waals surface area contributed by atoms with Gasteiger partial charge in [-0.25, -0.2) is 0 Å². The van der Waals surface area contributed by atoms with E-state index in [2.05, 4.69) is 5.32 Å². The van der Waals surface area contributed by atoms with Crippen LogP contribution in [0.25, 0.3) is 0 Å². The van der Waals surface area contributed by atoms with Crippen molar-refractivity contribution >= 4 is 0 Å². The normalized spacial score (nSPS) is 18.9. The SMILES string of the molecule is CC(O)[N]C(C)O. The Bertz CT molecular complexity index is 39.0. The van der Waals surface area contributed by atoms with Crippen LogP contribution >= 0.6 is 0 Å². The summed E-state index contributed by atoms with van der Waals surface area (Å²) in [6.45, 7) is 2.99. The van der Waals surface area contributed by atoms with Gasteiger partial charge in [0.25, 0.3) is 0 Å². The molecule has 0 aliphatic carbocycles. The van der Waals surface area contributed by atoms with Crippen molar-refractivity contribution in [1.82, 2.24) is 5.32 Å². The molecule has 3 nitrogen and oxygen atoms in total. The van der Waals surface area contributed by atoms with Gasteiger partial charge in [0.1, 0.15) is 12.5 Å². The molecule has 2 N–H and O–H groups in total. The van der Waals surface area contributed by atoms with E-state index in [-0.39, 0.29) is 0 Å². The number of hydrogen-bond donors (Lipinski definition) is 2. The third kappa shape index (κ3) is 5.88. The summed E-state index contributed by atoms with van der Waals surface area (Å²) in [7, 11) is 0. The number of hydrogen-bond acceptors (Lipinski definition) is 2. The Balaban J connectivity index is 2.95. The minimum atomic E-state index is -0.750. The summed E-state index contributed by atoms with van der Waals surface area (Å²) in [6, 6.07) is 0. The third-order valence-corrected chi connectivity index (χ3v) is 0.431. The fourth-order valence-corrected chi connectivity index (χ4v) is 0.312. The summed E-state index contributed by atoms with van der Waals surface area (Å²) in [4.78, 5) is 0. The highest BCUT2D eigenvalue weighted by molar-refractivity contribution is 4.41. The molecule has 0 heterocycles.